The van der Waals surface area contributed by atoms with Gasteiger partial charge in [-0.1, -0.05) is 12.2 Å². The van der Waals surface area contributed by atoms with Gasteiger partial charge < -0.3 is 9.72 Å². The Morgan fingerprint density at radius 1 is 1.50 bits per heavy atom. The molecule has 0 saturated heterocycles. The number of H-pyrrole nitrogens is 1. The van der Waals surface area contributed by atoms with Gasteiger partial charge in [0, 0.05) is 7.11 Å². The van der Waals surface area contributed by atoms with E-state index in [2.05, 4.69) is 30.9 Å². The fourth-order valence-electron chi connectivity index (χ4n) is 1.39. The van der Waals surface area contributed by atoms with Gasteiger partial charge in [-0.15, -0.1) is 0 Å². The zero-order valence-electron chi connectivity index (χ0n) is 9.41. The van der Waals surface area contributed by atoms with Gasteiger partial charge in [0.05, 0.1) is 23.0 Å². The van der Waals surface area contributed by atoms with Crippen molar-refractivity contribution in [1.29, 1.82) is 0 Å². The van der Waals surface area contributed by atoms with Crippen molar-refractivity contribution < 1.29 is 9.13 Å². The van der Waals surface area contributed by atoms with Crippen molar-refractivity contribution in [2.75, 3.05) is 7.11 Å². The van der Waals surface area contributed by atoms with E-state index >= 15 is 0 Å². The molecule has 0 aliphatic heterocycles. The van der Waals surface area contributed by atoms with Crippen molar-refractivity contribution in [2.45, 2.75) is 6.61 Å². The Labute approximate surface area is 116 Å². The van der Waals surface area contributed by atoms with Gasteiger partial charge in [-0.05, 0) is 28.1 Å². The molecule has 0 atom stereocenters. The monoisotopic (exact) mass is 329 g/mol. The van der Waals surface area contributed by atoms with Crippen LogP contribution in [0.5, 0.6) is 0 Å². The summed E-state index contributed by atoms with van der Waals surface area (Å²) >= 11 is 8.47. The summed E-state index contributed by atoms with van der Waals surface area (Å²) in [5.41, 5.74) is 1.28. The highest BCUT2D eigenvalue weighted by Crippen LogP contribution is 2.20. The Hall–Kier alpha value is -1.18. The third kappa shape index (κ3) is 2.80. The third-order valence-corrected chi connectivity index (χ3v) is 3.61. The molecular formula is C11H9BrFN3OS. The van der Waals surface area contributed by atoms with Crippen LogP contribution in [0.1, 0.15) is 5.69 Å². The average Bonchev–Trinajstić information content (AvgIpc) is 2.36. The lowest BCUT2D eigenvalue weighted by atomic mass is 10.3. The molecule has 0 radical (unpaired) electrons. The smallest absolute Gasteiger partial charge is 0.157 e. The number of halogens is 2. The standard InChI is InChI=1S/C11H9BrFN3OS/c1-17-5-8-9(12)11(18)16-10(15-8)7-3-2-6(13)4-14-7/h2-4H,5H2,1H3,(H,15,16,18). The van der Waals surface area contributed by atoms with Crippen molar-refractivity contribution >= 4 is 28.1 Å². The largest absolute Gasteiger partial charge is 0.378 e. The highest BCUT2D eigenvalue weighted by atomic mass is 79.9. The molecule has 2 heterocycles. The molecule has 18 heavy (non-hydrogen) atoms. The van der Waals surface area contributed by atoms with Crippen molar-refractivity contribution in [1.82, 2.24) is 15.0 Å². The number of ether oxygens (including phenoxy) is 1. The van der Waals surface area contributed by atoms with Crippen LogP contribution in [0.15, 0.2) is 22.8 Å². The van der Waals surface area contributed by atoms with Crippen molar-refractivity contribution in [2.24, 2.45) is 0 Å². The van der Waals surface area contributed by atoms with Crippen LogP contribution in [-0.4, -0.2) is 22.1 Å². The fourth-order valence-corrected chi connectivity index (χ4v) is 1.90. The summed E-state index contributed by atoms with van der Waals surface area (Å²) in [6, 6.07) is 2.85. The third-order valence-electron chi connectivity index (χ3n) is 2.19. The molecule has 2 aromatic rings. The van der Waals surface area contributed by atoms with E-state index in [9.17, 15) is 4.39 Å². The molecule has 0 bridgehead atoms. The second kappa shape index (κ2) is 5.64. The lowest BCUT2D eigenvalue weighted by molar-refractivity contribution is 0.181. The van der Waals surface area contributed by atoms with Crippen LogP contribution in [-0.2, 0) is 11.3 Å². The molecule has 0 unspecified atom stereocenters. The Morgan fingerprint density at radius 3 is 2.89 bits per heavy atom. The number of methoxy groups -OCH3 is 1. The molecule has 0 spiro atoms. The van der Waals surface area contributed by atoms with Gasteiger partial charge in [0.2, 0.25) is 0 Å². The van der Waals surface area contributed by atoms with Gasteiger partial charge in [-0.3, -0.25) is 0 Å². The first-order valence-electron chi connectivity index (χ1n) is 5.01. The zero-order valence-corrected chi connectivity index (χ0v) is 11.8. The van der Waals surface area contributed by atoms with Crippen LogP contribution in [0.4, 0.5) is 4.39 Å². The molecule has 2 aromatic heterocycles. The molecule has 0 aliphatic rings. The summed E-state index contributed by atoms with van der Waals surface area (Å²) in [7, 11) is 1.58. The number of rotatable bonds is 3. The minimum absolute atomic E-state index is 0.362. The summed E-state index contributed by atoms with van der Waals surface area (Å²) < 4.78 is 19.0. The first kappa shape index (κ1) is 13.3. The number of hydrogen-bond acceptors (Lipinski definition) is 4. The van der Waals surface area contributed by atoms with Crippen LogP contribution in [0.3, 0.4) is 0 Å². The highest BCUT2D eigenvalue weighted by Gasteiger charge is 2.08. The van der Waals surface area contributed by atoms with Gasteiger partial charge in [-0.25, -0.2) is 14.4 Å². The van der Waals surface area contributed by atoms with Gasteiger partial charge in [0.15, 0.2) is 5.82 Å². The second-order valence-corrected chi connectivity index (χ2v) is 4.66. The number of hydrogen-bond donors (Lipinski definition) is 1. The summed E-state index contributed by atoms with van der Waals surface area (Å²) in [4.78, 5) is 11.2. The topological polar surface area (TPSA) is 50.8 Å². The molecule has 4 nitrogen and oxygen atoms in total. The Morgan fingerprint density at radius 2 is 2.28 bits per heavy atom. The molecule has 94 valence electrons. The molecule has 0 aromatic carbocycles. The van der Waals surface area contributed by atoms with E-state index in [0.717, 1.165) is 11.9 Å². The van der Waals surface area contributed by atoms with Crippen molar-refractivity contribution in [3.8, 4) is 11.5 Å². The second-order valence-electron chi connectivity index (χ2n) is 3.48. The van der Waals surface area contributed by atoms with E-state index in [1.165, 1.54) is 12.1 Å². The maximum absolute atomic E-state index is 12.8. The minimum Gasteiger partial charge on any atom is -0.378 e. The Kier molecular flexibility index (Phi) is 4.15. The number of pyridine rings is 1. The quantitative estimate of drug-likeness (QED) is 0.878. The predicted octanol–water partition coefficient (Wildman–Crippen LogP) is 3.25. The molecule has 0 aliphatic carbocycles. The number of aromatic amines is 1. The van der Waals surface area contributed by atoms with Crippen LogP contribution in [0.2, 0.25) is 0 Å². The van der Waals surface area contributed by atoms with E-state index in [1.807, 2.05) is 0 Å². The highest BCUT2D eigenvalue weighted by molar-refractivity contribution is 9.10. The van der Waals surface area contributed by atoms with Crippen LogP contribution in [0.25, 0.3) is 11.5 Å². The van der Waals surface area contributed by atoms with Gasteiger partial charge in [0.25, 0.3) is 0 Å². The van der Waals surface area contributed by atoms with E-state index in [0.29, 0.717) is 27.2 Å². The molecule has 0 amide bonds. The van der Waals surface area contributed by atoms with Crippen molar-refractivity contribution in [3.63, 3.8) is 0 Å². The van der Waals surface area contributed by atoms with Gasteiger partial charge in [-0.2, -0.15) is 0 Å². The maximum atomic E-state index is 12.8. The first-order valence-corrected chi connectivity index (χ1v) is 6.21. The summed E-state index contributed by atoms with van der Waals surface area (Å²) in [5, 5.41) is 0. The molecular weight excluding hydrogens is 321 g/mol. The predicted molar refractivity (Wildman–Crippen MR) is 71.0 cm³/mol. The number of nitrogens with zero attached hydrogens (tertiary/aromatic N) is 2. The Balaban J connectivity index is 2.51. The van der Waals surface area contributed by atoms with E-state index < -0.39 is 5.82 Å². The summed E-state index contributed by atoms with van der Waals surface area (Å²) in [5.74, 6) is 0.0850. The molecule has 7 heteroatoms. The lowest BCUT2D eigenvalue weighted by Gasteiger charge is -2.07. The molecule has 1 N–H and O–H groups in total. The van der Waals surface area contributed by atoms with E-state index in [-0.39, 0.29) is 0 Å². The summed E-state index contributed by atoms with van der Waals surface area (Å²) in [6.45, 7) is 0.362. The fraction of sp³-hybridized carbons (Fsp3) is 0.182. The average molecular weight is 330 g/mol. The zero-order chi connectivity index (χ0) is 13.1. The molecule has 0 fully saturated rings. The number of nitrogens with one attached hydrogen (secondary N) is 1. The van der Waals surface area contributed by atoms with Crippen LogP contribution < -0.4 is 0 Å². The lowest BCUT2D eigenvalue weighted by Crippen LogP contribution is -2.01. The number of aromatic nitrogens is 3. The van der Waals surface area contributed by atoms with E-state index in [1.54, 1.807) is 7.11 Å². The van der Waals surface area contributed by atoms with Gasteiger partial charge in [0.1, 0.15) is 16.2 Å². The summed E-state index contributed by atoms with van der Waals surface area (Å²) in [6.07, 6.45) is 1.13. The Bertz CT molecular complexity index is 615. The molecule has 0 saturated carbocycles. The molecule has 2 rings (SSSR count). The van der Waals surface area contributed by atoms with Crippen LogP contribution in [0, 0.1) is 10.5 Å². The van der Waals surface area contributed by atoms with Gasteiger partial charge >= 0.3 is 0 Å². The SMILES string of the molecule is COCc1[nH]c(-c2ccc(F)cn2)nc(=S)c1Br. The van der Waals surface area contributed by atoms with E-state index in [4.69, 9.17) is 17.0 Å². The first-order chi connectivity index (χ1) is 8.61. The minimum atomic E-state index is -0.397. The maximum Gasteiger partial charge on any atom is 0.157 e. The van der Waals surface area contributed by atoms with Crippen LogP contribution >= 0.6 is 28.1 Å². The van der Waals surface area contributed by atoms with Crippen molar-refractivity contribution in [3.05, 3.63) is 39.0 Å². The normalized spacial score (nSPS) is 10.6.